The summed E-state index contributed by atoms with van der Waals surface area (Å²) < 4.78 is 0. The average Bonchev–Trinajstić information content (AvgIpc) is 3.04. The molecule has 0 aliphatic heterocycles. The monoisotopic (exact) mass is 372 g/mol. The van der Waals surface area contributed by atoms with Crippen LogP contribution in [0.5, 0.6) is 0 Å². The number of aryl methyl sites for hydroxylation is 2. The summed E-state index contributed by atoms with van der Waals surface area (Å²) in [5, 5.41) is 6.28. The highest BCUT2D eigenvalue weighted by atomic mass is 32.1. The van der Waals surface area contributed by atoms with Crippen molar-refractivity contribution in [2.45, 2.75) is 45.1 Å². The molecule has 1 aromatic carbocycles. The van der Waals surface area contributed by atoms with E-state index in [0.717, 1.165) is 23.4 Å². The molecule has 1 aliphatic carbocycles. The molecule has 3 rings (SSSR count). The molecular weight excluding hydrogens is 348 g/mol. The largest absolute Gasteiger partial charge is 0.347 e. The minimum Gasteiger partial charge on any atom is -0.347 e. The van der Waals surface area contributed by atoms with Crippen LogP contribution in [-0.2, 0) is 28.9 Å². The molecule has 6 nitrogen and oxygen atoms in total. The zero-order valence-corrected chi connectivity index (χ0v) is 15.7. The lowest BCUT2D eigenvalue weighted by molar-refractivity contribution is -0.136. The van der Waals surface area contributed by atoms with Crippen LogP contribution in [0.25, 0.3) is 0 Å². The molecule has 1 unspecified atom stereocenters. The molecule has 26 heavy (non-hydrogen) atoms. The van der Waals surface area contributed by atoms with Crippen molar-refractivity contribution in [3.05, 3.63) is 45.4 Å². The number of carbonyl (C=O) groups is 2. The fourth-order valence-corrected chi connectivity index (χ4v) is 4.09. The number of nitrogens with one attached hydrogen (secondary N) is 2. The summed E-state index contributed by atoms with van der Waals surface area (Å²) in [6, 6.07) is 7.08. The van der Waals surface area contributed by atoms with Gasteiger partial charge in [-0.3, -0.25) is 9.59 Å². The van der Waals surface area contributed by atoms with Crippen LogP contribution in [0.3, 0.4) is 0 Å². The first kappa shape index (κ1) is 18.5. The number of benzene rings is 1. The van der Waals surface area contributed by atoms with Gasteiger partial charge in [-0.2, -0.15) is 0 Å². The number of anilines is 1. The number of fused-ring (bicyclic) bond motifs is 1. The third-order valence-electron chi connectivity index (χ3n) is 4.41. The van der Waals surface area contributed by atoms with Crippen LogP contribution in [0.15, 0.2) is 24.3 Å². The predicted molar refractivity (Wildman–Crippen MR) is 103 cm³/mol. The molecule has 1 aliphatic rings. The fraction of sp³-hybridized carbons (Fsp3) is 0.421. The molecule has 4 N–H and O–H groups in total. The minimum absolute atomic E-state index is 0.0698. The third kappa shape index (κ3) is 4.68. The Morgan fingerprint density at radius 2 is 1.92 bits per heavy atom. The van der Waals surface area contributed by atoms with Crippen molar-refractivity contribution in [2.75, 3.05) is 11.9 Å². The van der Waals surface area contributed by atoms with E-state index in [1.54, 1.807) is 23.5 Å². The molecule has 2 aromatic rings. The summed E-state index contributed by atoms with van der Waals surface area (Å²) in [5.41, 5.74) is 8.55. The highest BCUT2D eigenvalue weighted by Crippen LogP contribution is 2.26. The van der Waals surface area contributed by atoms with Crippen molar-refractivity contribution in [3.8, 4) is 0 Å². The lowest BCUT2D eigenvalue weighted by Crippen LogP contribution is -2.36. The van der Waals surface area contributed by atoms with Crippen molar-refractivity contribution in [3.63, 3.8) is 0 Å². The van der Waals surface area contributed by atoms with Crippen LogP contribution in [0, 0.1) is 0 Å². The van der Waals surface area contributed by atoms with Crippen LogP contribution < -0.4 is 16.4 Å². The van der Waals surface area contributed by atoms with E-state index in [2.05, 4.69) is 15.6 Å². The lowest BCUT2D eigenvalue weighted by atomic mass is 10.0. The van der Waals surface area contributed by atoms with Crippen molar-refractivity contribution in [1.29, 1.82) is 0 Å². The van der Waals surface area contributed by atoms with Crippen molar-refractivity contribution in [2.24, 2.45) is 5.73 Å². The van der Waals surface area contributed by atoms with Crippen LogP contribution in [-0.4, -0.2) is 23.3 Å². The zero-order valence-electron chi connectivity index (χ0n) is 14.9. The van der Waals surface area contributed by atoms with Gasteiger partial charge in [-0.15, -0.1) is 11.3 Å². The number of nitrogens with two attached hydrogens (primary N) is 1. The normalized spacial score (nSPS) is 14.4. The Bertz CT molecular complexity index is 760. The molecule has 0 fully saturated rings. The average molecular weight is 372 g/mol. The highest BCUT2D eigenvalue weighted by Gasteiger charge is 2.16. The van der Waals surface area contributed by atoms with Gasteiger partial charge >= 0.3 is 11.8 Å². The molecule has 2 amide bonds. The Labute approximate surface area is 157 Å². The van der Waals surface area contributed by atoms with E-state index < -0.39 is 11.8 Å². The topological polar surface area (TPSA) is 97.1 Å². The van der Waals surface area contributed by atoms with Gasteiger partial charge in [-0.1, -0.05) is 12.1 Å². The number of amides is 2. The van der Waals surface area contributed by atoms with E-state index in [0.29, 0.717) is 18.7 Å². The van der Waals surface area contributed by atoms with Crippen molar-refractivity contribution >= 4 is 28.8 Å². The molecule has 0 saturated carbocycles. The van der Waals surface area contributed by atoms with Gasteiger partial charge in [-0.05, 0) is 50.3 Å². The van der Waals surface area contributed by atoms with Gasteiger partial charge in [0.2, 0.25) is 0 Å². The van der Waals surface area contributed by atoms with E-state index >= 15 is 0 Å². The standard InChI is InChI=1S/C19H24N4O2S/c1-12(20)13-6-8-14(9-7-13)22-19(25)18(24)21-11-10-17-23-15-4-2-3-5-16(15)26-17/h6-9,12H,2-5,10-11,20H2,1H3,(H,21,24)(H,22,25). The predicted octanol–water partition coefficient (Wildman–Crippen LogP) is 2.34. The molecule has 1 heterocycles. The Morgan fingerprint density at radius 3 is 2.62 bits per heavy atom. The maximum Gasteiger partial charge on any atom is 0.313 e. The molecule has 0 radical (unpaired) electrons. The number of nitrogens with zero attached hydrogens (tertiary/aromatic N) is 1. The van der Waals surface area contributed by atoms with Gasteiger partial charge in [0.05, 0.1) is 10.7 Å². The van der Waals surface area contributed by atoms with Gasteiger partial charge in [0, 0.05) is 29.6 Å². The van der Waals surface area contributed by atoms with E-state index in [1.807, 2.05) is 19.1 Å². The quantitative estimate of drug-likeness (QED) is 0.702. The SMILES string of the molecule is CC(N)c1ccc(NC(=O)C(=O)NCCc2nc3c(s2)CCCC3)cc1. The molecule has 0 spiro atoms. The summed E-state index contributed by atoms with van der Waals surface area (Å²) in [6.07, 6.45) is 5.26. The zero-order chi connectivity index (χ0) is 18.5. The number of aromatic nitrogens is 1. The fourth-order valence-electron chi connectivity index (χ4n) is 2.93. The molecule has 138 valence electrons. The summed E-state index contributed by atoms with van der Waals surface area (Å²) in [5.74, 6) is -1.31. The number of hydrogen-bond acceptors (Lipinski definition) is 5. The van der Waals surface area contributed by atoms with E-state index in [9.17, 15) is 9.59 Å². The summed E-state index contributed by atoms with van der Waals surface area (Å²) >= 11 is 1.73. The maximum atomic E-state index is 12.0. The molecule has 1 aromatic heterocycles. The summed E-state index contributed by atoms with van der Waals surface area (Å²) in [6.45, 7) is 2.29. The third-order valence-corrected chi connectivity index (χ3v) is 5.63. The molecule has 7 heteroatoms. The Hall–Kier alpha value is -2.25. The Balaban J connectivity index is 1.45. The van der Waals surface area contributed by atoms with E-state index in [-0.39, 0.29) is 6.04 Å². The Morgan fingerprint density at radius 1 is 1.19 bits per heavy atom. The van der Waals surface area contributed by atoms with Gasteiger partial charge < -0.3 is 16.4 Å². The second kappa shape index (κ2) is 8.42. The van der Waals surface area contributed by atoms with E-state index in [4.69, 9.17) is 5.73 Å². The van der Waals surface area contributed by atoms with Gasteiger partial charge in [-0.25, -0.2) is 4.98 Å². The highest BCUT2D eigenvalue weighted by molar-refractivity contribution is 7.11. The van der Waals surface area contributed by atoms with Crippen molar-refractivity contribution in [1.82, 2.24) is 10.3 Å². The second-order valence-corrected chi connectivity index (χ2v) is 7.72. The van der Waals surface area contributed by atoms with Crippen LogP contribution in [0.2, 0.25) is 0 Å². The first-order chi connectivity index (χ1) is 12.5. The summed E-state index contributed by atoms with van der Waals surface area (Å²) in [4.78, 5) is 29.9. The molecule has 0 bridgehead atoms. The first-order valence-corrected chi connectivity index (χ1v) is 9.77. The van der Waals surface area contributed by atoms with Gasteiger partial charge in [0.1, 0.15) is 0 Å². The molecule has 0 saturated heterocycles. The smallest absolute Gasteiger partial charge is 0.313 e. The van der Waals surface area contributed by atoms with Crippen LogP contribution in [0.4, 0.5) is 5.69 Å². The second-order valence-electron chi connectivity index (χ2n) is 6.56. The van der Waals surface area contributed by atoms with Gasteiger partial charge in [0.25, 0.3) is 0 Å². The number of hydrogen-bond donors (Lipinski definition) is 3. The van der Waals surface area contributed by atoms with Gasteiger partial charge in [0.15, 0.2) is 0 Å². The maximum absolute atomic E-state index is 12.0. The Kier molecular flexibility index (Phi) is 6.00. The summed E-state index contributed by atoms with van der Waals surface area (Å²) in [7, 11) is 0. The molecular formula is C19H24N4O2S. The lowest BCUT2D eigenvalue weighted by Gasteiger charge is -2.08. The molecule has 1 atom stereocenters. The number of carbonyl (C=O) groups excluding carboxylic acids is 2. The first-order valence-electron chi connectivity index (χ1n) is 8.95. The number of thiazole rings is 1. The van der Waals surface area contributed by atoms with E-state index in [1.165, 1.54) is 23.4 Å². The van der Waals surface area contributed by atoms with Crippen molar-refractivity contribution < 1.29 is 9.59 Å². The minimum atomic E-state index is -0.669. The number of rotatable bonds is 5. The van der Waals surface area contributed by atoms with Crippen LogP contribution >= 0.6 is 11.3 Å². The van der Waals surface area contributed by atoms with Crippen LogP contribution in [0.1, 0.15) is 46.9 Å².